The number of rotatable bonds is 3. The van der Waals surface area contributed by atoms with Crippen LogP contribution in [0.4, 0.5) is 0 Å². The number of ether oxygens (including phenoxy) is 1. The van der Waals surface area contributed by atoms with Gasteiger partial charge in [0.25, 0.3) is 5.91 Å². The summed E-state index contributed by atoms with van der Waals surface area (Å²) in [6.45, 7) is 2.22. The molecule has 5 heteroatoms. The van der Waals surface area contributed by atoms with E-state index in [2.05, 4.69) is 21.8 Å². The lowest BCUT2D eigenvalue weighted by Gasteiger charge is -1.99. The Hall–Kier alpha value is -2.09. The third kappa shape index (κ3) is 3.65. The van der Waals surface area contributed by atoms with Gasteiger partial charge >= 0.3 is 0 Å². The van der Waals surface area contributed by atoms with Gasteiger partial charge in [-0.1, -0.05) is 12.8 Å². The number of hydrogen-bond donors (Lipinski definition) is 1. The number of primary amides is 1. The van der Waals surface area contributed by atoms with Gasteiger partial charge in [-0.15, -0.1) is 5.92 Å². The van der Waals surface area contributed by atoms with Crippen molar-refractivity contribution in [2.24, 2.45) is 5.73 Å². The highest BCUT2D eigenvalue weighted by molar-refractivity contribution is 5.90. The summed E-state index contributed by atoms with van der Waals surface area (Å²) < 4.78 is 5.14. The van der Waals surface area contributed by atoms with Gasteiger partial charge in [0.1, 0.15) is 5.69 Å². The Morgan fingerprint density at radius 2 is 2.27 bits per heavy atom. The molecular weight excluding hydrogens is 194 g/mol. The van der Waals surface area contributed by atoms with E-state index < -0.39 is 5.91 Å². The van der Waals surface area contributed by atoms with E-state index in [4.69, 9.17) is 10.5 Å². The summed E-state index contributed by atoms with van der Waals surface area (Å²) in [5.74, 6) is 5.35. The van der Waals surface area contributed by atoms with Gasteiger partial charge in [0.05, 0.1) is 12.4 Å². The van der Waals surface area contributed by atoms with Crippen molar-refractivity contribution in [3.05, 3.63) is 18.1 Å². The van der Waals surface area contributed by atoms with Crippen LogP contribution in [0.2, 0.25) is 0 Å². The molecule has 0 unspecified atom stereocenters. The predicted molar refractivity (Wildman–Crippen MR) is 54.1 cm³/mol. The zero-order valence-corrected chi connectivity index (χ0v) is 8.36. The Kier molecular flexibility index (Phi) is 4.10. The van der Waals surface area contributed by atoms with Crippen molar-refractivity contribution in [1.82, 2.24) is 9.97 Å². The van der Waals surface area contributed by atoms with Crippen molar-refractivity contribution in [2.45, 2.75) is 13.3 Å². The summed E-state index contributed by atoms with van der Waals surface area (Å²) in [6.07, 6.45) is 3.40. The molecule has 0 spiro atoms. The number of nitrogens with two attached hydrogens (primary N) is 1. The van der Waals surface area contributed by atoms with Crippen LogP contribution in [0.25, 0.3) is 0 Å². The van der Waals surface area contributed by atoms with E-state index in [1.54, 1.807) is 0 Å². The van der Waals surface area contributed by atoms with Gasteiger partial charge in [0.2, 0.25) is 5.88 Å². The van der Waals surface area contributed by atoms with Crippen LogP contribution in [0, 0.1) is 11.8 Å². The van der Waals surface area contributed by atoms with Crippen LogP contribution in [0.1, 0.15) is 23.8 Å². The molecule has 1 amide bonds. The van der Waals surface area contributed by atoms with Crippen LogP contribution in [0.15, 0.2) is 12.4 Å². The summed E-state index contributed by atoms with van der Waals surface area (Å²) in [5, 5.41) is 0. The standard InChI is InChI=1S/C10H11N3O2/c1-2-3-4-5-15-9-7-12-8(6-13-9)10(11)14/h6-7H,2,5H2,1H3,(H2,11,14). The minimum Gasteiger partial charge on any atom is -0.463 e. The largest absolute Gasteiger partial charge is 0.463 e. The lowest BCUT2D eigenvalue weighted by molar-refractivity contribution is 0.0995. The molecule has 2 N–H and O–H groups in total. The molecule has 0 atom stereocenters. The zero-order chi connectivity index (χ0) is 11.1. The van der Waals surface area contributed by atoms with Crippen LogP contribution in [0.3, 0.4) is 0 Å². The first-order valence-corrected chi connectivity index (χ1v) is 4.44. The van der Waals surface area contributed by atoms with Gasteiger partial charge in [-0.05, 0) is 0 Å². The Morgan fingerprint density at radius 1 is 1.47 bits per heavy atom. The molecule has 0 saturated heterocycles. The van der Waals surface area contributed by atoms with Crippen molar-refractivity contribution in [1.29, 1.82) is 0 Å². The fourth-order valence-corrected chi connectivity index (χ4v) is 0.804. The van der Waals surface area contributed by atoms with E-state index in [0.717, 1.165) is 6.42 Å². The normalized spacial score (nSPS) is 8.87. The van der Waals surface area contributed by atoms with Crippen molar-refractivity contribution in [3.8, 4) is 17.7 Å². The molecule has 1 rings (SSSR count). The Bertz CT molecular complexity index is 389. The Morgan fingerprint density at radius 3 is 2.80 bits per heavy atom. The Labute approximate surface area is 87.7 Å². The molecule has 78 valence electrons. The number of aromatic nitrogens is 2. The quantitative estimate of drug-likeness (QED) is 0.723. The molecule has 0 aliphatic carbocycles. The second kappa shape index (κ2) is 5.60. The van der Waals surface area contributed by atoms with Crippen molar-refractivity contribution in [3.63, 3.8) is 0 Å². The molecule has 5 nitrogen and oxygen atoms in total. The van der Waals surface area contributed by atoms with Gasteiger partial charge in [0, 0.05) is 6.42 Å². The SMILES string of the molecule is CCC#CCOc1cnc(C(N)=O)cn1. The summed E-state index contributed by atoms with van der Waals surface area (Å²) in [4.78, 5) is 18.3. The van der Waals surface area contributed by atoms with Gasteiger partial charge in [0.15, 0.2) is 6.61 Å². The lowest BCUT2D eigenvalue weighted by Crippen LogP contribution is -2.13. The number of amides is 1. The third-order valence-electron chi connectivity index (χ3n) is 1.47. The molecule has 1 heterocycles. The van der Waals surface area contributed by atoms with Crippen LogP contribution >= 0.6 is 0 Å². The third-order valence-corrected chi connectivity index (χ3v) is 1.47. The maximum atomic E-state index is 10.7. The molecular formula is C10H11N3O2. The average Bonchev–Trinajstić information content (AvgIpc) is 2.25. The first-order chi connectivity index (χ1) is 7.24. The van der Waals surface area contributed by atoms with Crippen LogP contribution in [0.5, 0.6) is 5.88 Å². The average molecular weight is 205 g/mol. The lowest BCUT2D eigenvalue weighted by atomic mass is 10.4. The van der Waals surface area contributed by atoms with Crippen LogP contribution in [-0.2, 0) is 0 Å². The predicted octanol–water partition coefficient (Wildman–Crippen LogP) is 0.368. The topological polar surface area (TPSA) is 78.1 Å². The van der Waals surface area contributed by atoms with E-state index in [-0.39, 0.29) is 12.3 Å². The fraction of sp³-hybridized carbons (Fsp3) is 0.300. The Balaban J connectivity index is 2.53. The van der Waals surface area contributed by atoms with Crippen LogP contribution < -0.4 is 10.5 Å². The number of hydrogen-bond acceptors (Lipinski definition) is 4. The van der Waals surface area contributed by atoms with Gasteiger partial charge in [-0.2, -0.15) is 0 Å². The molecule has 0 fully saturated rings. The second-order valence-corrected chi connectivity index (χ2v) is 2.60. The number of carbonyl (C=O) groups is 1. The number of nitrogens with zero attached hydrogens (tertiary/aromatic N) is 2. The molecule has 0 aromatic carbocycles. The molecule has 0 aliphatic rings. The first-order valence-electron chi connectivity index (χ1n) is 4.44. The first kappa shape index (κ1) is 11.0. The molecule has 0 saturated carbocycles. The minimum absolute atomic E-state index is 0.113. The molecule has 0 radical (unpaired) electrons. The van der Waals surface area contributed by atoms with E-state index in [1.807, 2.05) is 6.92 Å². The van der Waals surface area contributed by atoms with Gasteiger partial charge in [-0.25, -0.2) is 9.97 Å². The maximum Gasteiger partial charge on any atom is 0.268 e. The summed E-state index contributed by atoms with van der Waals surface area (Å²) >= 11 is 0. The highest BCUT2D eigenvalue weighted by Crippen LogP contribution is 2.02. The van der Waals surface area contributed by atoms with Crippen LogP contribution in [-0.4, -0.2) is 22.5 Å². The summed E-state index contributed by atoms with van der Waals surface area (Å²) in [7, 11) is 0. The summed E-state index contributed by atoms with van der Waals surface area (Å²) in [5.41, 5.74) is 5.11. The van der Waals surface area contributed by atoms with Crippen molar-refractivity contribution >= 4 is 5.91 Å². The smallest absolute Gasteiger partial charge is 0.268 e. The van der Waals surface area contributed by atoms with Crippen molar-refractivity contribution in [2.75, 3.05) is 6.61 Å². The fourth-order valence-electron chi connectivity index (χ4n) is 0.804. The van der Waals surface area contributed by atoms with Gasteiger partial charge < -0.3 is 10.5 Å². The highest BCUT2D eigenvalue weighted by Gasteiger charge is 2.02. The monoisotopic (exact) mass is 205 g/mol. The second-order valence-electron chi connectivity index (χ2n) is 2.60. The molecule has 1 aromatic heterocycles. The highest BCUT2D eigenvalue weighted by atomic mass is 16.5. The van der Waals surface area contributed by atoms with E-state index in [9.17, 15) is 4.79 Å². The van der Waals surface area contributed by atoms with Crippen molar-refractivity contribution < 1.29 is 9.53 Å². The summed E-state index contributed by atoms with van der Waals surface area (Å²) in [6, 6.07) is 0. The molecule has 15 heavy (non-hydrogen) atoms. The minimum atomic E-state index is -0.611. The maximum absolute atomic E-state index is 10.7. The number of carbonyl (C=O) groups excluding carboxylic acids is 1. The van der Waals surface area contributed by atoms with E-state index in [1.165, 1.54) is 12.4 Å². The van der Waals surface area contributed by atoms with Gasteiger partial charge in [-0.3, -0.25) is 4.79 Å². The zero-order valence-electron chi connectivity index (χ0n) is 8.36. The molecule has 0 bridgehead atoms. The molecule has 0 aliphatic heterocycles. The van der Waals surface area contributed by atoms with E-state index >= 15 is 0 Å². The van der Waals surface area contributed by atoms with E-state index in [0.29, 0.717) is 5.88 Å². The molecule has 1 aromatic rings.